The minimum Gasteiger partial charge on any atom is -0.329 e. The monoisotopic (exact) mass is 382 g/mol. The molecule has 0 saturated carbocycles. The summed E-state index contributed by atoms with van der Waals surface area (Å²) in [5.41, 5.74) is 2.79. The first-order valence-corrected chi connectivity index (χ1v) is 9.02. The van der Waals surface area contributed by atoms with Gasteiger partial charge in [-0.3, -0.25) is 14.5 Å². The number of benzene rings is 2. The molecule has 8 heteroatoms. The van der Waals surface area contributed by atoms with Gasteiger partial charge in [0.15, 0.2) is 0 Å². The van der Waals surface area contributed by atoms with Crippen LogP contribution in [0.1, 0.15) is 27.0 Å². The topological polar surface area (TPSA) is 90.5 Å². The van der Waals surface area contributed by atoms with E-state index in [0.717, 1.165) is 16.0 Å². The Balaban J connectivity index is 1.45. The molecule has 0 atom stereocenters. The van der Waals surface area contributed by atoms with E-state index in [9.17, 15) is 18.8 Å². The first-order valence-electron chi connectivity index (χ1n) is 9.02. The Bertz CT molecular complexity index is 943. The van der Waals surface area contributed by atoms with Gasteiger partial charge in [-0.15, -0.1) is 0 Å². The molecule has 144 valence electrons. The maximum atomic E-state index is 14.7. The third kappa shape index (κ3) is 3.46. The molecular formula is C20H19FN4O3. The van der Waals surface area contributed by atoms with Crippen molar-refractivity contribution in [3.8, 4) is 0 Å². The van der Waals surface area contributed by atoms with Crippen molar-refractivity contribution in [3.63, 3.8) is 0 Å². The zero-order chi connectivity index (χ0) is 19.7. The normalized spacial score (nSPS) is 16.0. The third-order valence-corrected chi connectivity index (χ3v) is 4.95. The van der Waals surface area contributed by atoms with E-state index in [-0.39, 0.29) is 30.5 Å². The molecule has 28 heavy (non-hydrogen) atoms. The number of hydrogen-bond acceptors (Lipinski definition) is 4. The lowest BCUT2D eigenvalue weighted by atomic mass is 9.99. The lowest BCUT2D eigenvalue weighted by Gasteiger charge is -2.19. The van der Waals surface area contributed by atoms with Gasteiger partial charge in [-0.2, -0.15) is 0 Å². The Kier molecular flexibility index (Phi) is 4.79. The smallest absolute Gasteiger partial charge is 0.324 e. The maximum Gasteiger partial charge on any atom is 0.324 e. The number of carbonyl (C=O) groups is 3. The van der Waals surface area contributed by atoms with Crippen molar-refractivity contribution in [1.82, 2.24) is 15.5 Å². The lowest BCUT2D eigenvalue weighted by Crippen LogP contribution is -2.30. The van der Waals surface area contributed by atoms with Crippen LogP contribution in [0.4, 0.5) is 14.9 Å². The molecule has 0 radical (unpaired) electrons. The van der Waals surface area contributed by atoms with Gasteiger partial charge >= 0.3 is 6.03 Å². The molecule has 2 aromatic rings. The molecule has 3 N–H and O–H groups in total. The molecule has 4 amide bonds. The van der Waals surface area contributed by atoms with Gasteiger partial charge in [0.25, 0.3) is 5.91 Å². The molecule has 2 heterocycles. The fourth-order valence-corrected chi connectivity index (χ4v) is 3.38. The molecule has 0 bridgehead atoms. The fourth-order valence-electron chi connectivity index (χ4n) is 3.38. The first-order chi connectivity index (χ1) is 13.5. The van der Waals surface area contributed by atoms with E-state index in [1.54, 1.807) is 30.3 Å². The maximum absolute atomic E-state index is 14.7. The number of hydrogen-bond donors (Lipinski definition) is 3. The molecule has 0 spiro atoms. The molecule has 2 aromatic carbocycles. The van der Waals surface area contributed by atoms with Crippen LogP contribution in [0.3, 0.4) is 0 Å². The zero-order valence-corrected chi connectivity index (χ0v) is 15.0. The van der Waals surface area contributed by atoms with Gasteiger partial charge in [-0.25, -0.2) is 9.18 Å². The summed E-state index contributed by atoms with van der Waals surface area (Å²) in [6.07, 6.45) is 0.586. The molecule has 2 aliphatic rings. The predicted molar refractivity (Wildman–Crippen MR) is 100 cm³/mol. The molecule has 0 aromatic heterocycles. The Hall–Kier alpha value is -3.26. The average Bonchev–Trinajstić information content (AvgIpc) is 3.03. The number of carbonyl (C=O) groups excluding carboxylic acids is 3. The van der Waals surface area contributed by atoms with E-state index in [1.807, 2.05) is 6.07 Å². The van der Waals surface area contributed by atoms with Gasteiger partial charge in [-0.1, -0.05) is 18.2 Å². The summed E-state index contributed by atoms with van der Waals surface area (Å²) < 4.78 is 14.7. The van der Waals surface area contributed by atoms with Gasteiger partial charge in [0.05, 0.1) is 18.8 Å². The SMILES string of the molecule is O=C(Nc1ccc2c(c1F)CCNC2)c1ccc(CN2C(=O)CNC2=O)cc1. The fraction of sp³-hybridized carbons (Fsp3) is 0.250. The van der Waals surface area contributed by atoms with E-state index >= 15 is 0 Å². The molecule has 0 unspecified atom stereocenters. The highest BCUT2D eigenvalue weighted by Crippen LogP contribution is 2.25. The number of nitrogens with one attached hydrogen (secondary N) is 3. The second kappa shape index (κ2) is 7.40. The highest BCUT2D eigenvalue weighted by Gasteiger charge is 2.28. The van der Waals surface area contributed by atoms with Crippen molar-refractivity contribution >= 4 is 23.5 Å². The minimum absolute atomic E-state index is 0.00171. The average molecular weight is 382 g/mol. The van der Waals surface area contributed by atoms with E-state index in [0.29, 0.717) is 30.6 Å². The highest BCUT2D eigenvalue weighted by molar-refractivity contribution is 6.04. The van der Waals surface area contributed by atoms with Crippen molar-refractivity contribution in [3.05, 3.63) is 64.5 Å². The quantitative estimate of drug-likeness (QED) is 0.703. The minimum atomic E-state index is -0.426. The third-order valence-electron chi connectivity index (χ3n) is 4.95. The van der Waals surface area contributed by atoms with Gasteiger partial charge in [0.2, 0.25) is 5.91 Å². The second-order valence-corrected chi connectivity index (χ2v) is 6.78. The van der Waals surface area contributed by atoms with Crippen molar-refractivity contribution in [1.29, 1.82) is 0 Å². The number of halogens is 1. The number of imide groups is 1. The summed E-state index contributed by atoms with van der Waals surface area (Å²) in [5.74, 6) is -1.10. The van der Waals surface area contributed by atoms with Gasteiger partial charge < -0.3 is 16.0 Å². The number of anilines is 1. The number of rotatable bonds is 4. The van der Waals surface area contributed by atoms with E-state index in [1.165, 1.54) is 0 Å². The predicted octanol–water partition coefficient (Wildman–Crippen LogP) is 1.78. The molecule has 4 rings (SSSR count). The van der Waals surface area contributed by atoms with Crippen molar-refractivity contribution < 1.29 is 18.8 Å². The van der Waals surface area contributed by atoms with Crippen LogP contribution < -0.4 is 16.0 Å². The number of fused-ring (bicyclic) bond motifs is 1. The van der Waals surface area contributed by atoms with Crippen LogP contribution >= 0.6 is 0 Å². The van der Waals surface area contributed by atoms with Crippen LogP contribution in [0.2, 0.25) is 0 Å². The van der Waals surface area contributed by atoms with Gasteiger partial charge in [0.1, 0.15) is 5.82 Å². The zero-order valence-electron chi connectivity index (χ0n) is 15.0. The Morgan fingerprint density at radius 1 is 1.11 bits per heavy atom. The molecular weight excluding hydrogens is 363 g/mol. The summed E-state index contributed by atoms with van der Waals surface area (Å²) in [6, 6.07) is 9.48. The van der Waals surface area contributed by atoms with Crippen LogP contribution in [-0.2, 0) is 24.3 Å². The highest BCUT2D eigenvalue weighted by atomic mass is 19.1. The van der Waals surface area contributed by atoms with E-state index < -0.39 is 11.9 Å². The molecule has 0 aliphatic carbocycles. The standard InChI is InChI=1S/C20H19FN4O3/c21-18-15-7-8-22-9-14(15)5-6-16(18)24-19(27)13-3-1-12(2-4-13)11-25-17(26)10-23-20(25)28/h1-6,22H,7-11H2,(H,23,28)(H,24,27). The summed E-state index contributed by atoms with van der Waals surface area (Å²) in [5, 5.41) is 8.26. The van der Waals surface area contributed by atoms with Gasteiger partial charge in [-0.05, 0) is 47.9 Å². The van der Waals surface area contributed by atoms with Crippen molar-refractivity contribution in [2.45, 2.75) is 19.5 Å². The van der Waals surface area contributed by atoms with E-state index in [4.69, 9.17) is 0 Å². The second-order valence-electron chi connectivity index (χ2n) is 6.78. The summed E-state index contributed by atoms with van der Waals surface area (Å²) >= 11 is 0. The lowest BCUT2D eigenvalue weighted by molar-refractivity contribution is -0.125. The molecule has 1 saturated heterocycles. The molecule has 2 aliphatic heterocycles. The first kappa shape index (κ1) is 18.1. The van der Waals surface area contributed by atoms with Crippen molar-refractivity contribution in [2.24, 2.45) is 0 Å². The summed E-state index contributed by atoms with van der Waals surface area (Å²) in [4.78, 5) is 36.8. The van der Waals surface area contributed by atoms with Crippen LogP contribution in [0, 0.1) is 5.82 Å². The molecule has 1 fully saturated rings. The number of urea groups is 1. The summed E-state index contributed by atoms with van der Waals surface area (Å²) in [7, 11) is 0. The van der Waals surface area contributed by atoms with Crippen LogP contribution in [0.5, 0.6) is 0 Å². The van der Waals surface area contributed by atoms with E-state index in [2.05, 4.69) is 16.0 Å². The number of amides is 4. The van der Waals surface area contributed by atoms with Crippen LogP contribution in [-0.4, -0.2) is 35.8 Å². The Labute approximate surface area is 160 Å². The van der Waals surface area contributed by atoms with Crippen LogP contribution in [0.15, 0.2) is 36.4 Å². The van der Waals surface area contributed by atoms with Crippen molar-refractivity contribution in [2.75, 3.05) is 18.4 Å². The number of nitrogens with zero attached hydrogens (tertiary/aromatic N) is 1. The largest absolute Gasteiger partial charge is 0.329 e. The summed E-state index contributed by atoms with van der Waals surface area (Å²) in [6.45, 7) is 1.47. The Morgan fingerprint density at radius 3 is 2.61 bits per heavy atom. The Morgan fingerprint density at radius 2 is 1.89 bits per heavy atom. The molecule has 7 nitrogen and oxygen atoms in total. The van der Waals surface area contributed by atoms with Gasteiger partial charge in [0, 0.05) is 12.1 Å². The van der Waals surface area contributed by atoms with Crippen LogP contribution in [0.25, 0.3) is 0 Å².